The Hall–Kier alpha value is -3.14. The Morgan fingerprint density at radius 3 is 2.64 bits per heavy atom. The first-order valence-electron chi connectivity index (χ1n) is 9.15. The molecule has 0 fully saturated rings. The van der Waals surface area contributed by atoms with Crippen molar-refractivity contribution in [3.63, 3.8) is 0 Å². The molecule has 0 radical (unpaired) electrons. The van der Waals surface area contributed by atoms with Crippen LogP contribution in [0.5, 0.6) is 11.6 Å². The first-order valence-corrected chi connectivity index (χ1v) is 9.15. The topological polar surface area (TPSA) is 92.3 Å². The van der Waals surface area contributed by atoms with E-state index >= 15 is 0 Å². The molecule has 1 heterocycles. The van der Waals surface area contributed by atoms with Crippen molar-refractivity contribution in [2.75, 3.05) is 0 Å². The van der Waals surface area contributed by atoms with Crippen LogP contribution in [0.15, 0.2) is 29.1 Å². The van der Waals surface area contributed by atoms with Crippen LogP contribution in [0, 0.1) is 24.1 Å². The zero-order chi connectivity index (χ0) is 20.8. The number of aromatic hydroxyl groups is 1. The second-order valence-electron chi connectivity index (χ2n) is 6.53. The van der Waals surface area contributed by atoms with Crippen molar-refractivity contribution in [1.82, 2.24) is 4.57 Å². The predicted molar refractivity (Wildman–Crippen MR) is 102 cm³/mol. The van der Waals surface area contributed by atoms with E-state index in [1.54, 1.807) is 6.07 Å². The van der Waals surface area contributed by atoms with Gasteiger partial charge in [-0.2, -0.15) is 5.26 Å². The zero-order valence-electron chi connectivity index (χ0n) is 16.2. The third kappa shape index (κ3) is 4.22. The highest BCUT2D eigenvalue weighted by Gasteiger charge is 2.28. The van der Waals surface area contributed by atoms with Crippen molar-refractivity contribution in [3.05, 3.63) is 57.1 Å². The third-order valence-corrected chi connectivity index (χ3v) is 4.54. The number of hydrogen-bond donors (Lipinski definition) is 1. The molecule has 1 unspecified atom stereocenters. The van der Waals surface area contributed by atoms with E-state index in [0.29, 0.717) is 6.42 Å². The number of rotatable bonds is 8. The Kier molecular flexibility index (Phi) is 6.94. The summed E-state index contributed by atoms with van der Waals surface area (Å²) in [6.07, 6.45) is 1.23. The number of carbonyl (C=O) groups is 1. The fourth-order valence-corrected chi connectivity index (χ4v) is 2.96. The quantitative estimate of drug-likeness (QED) is 0.551. The molecule has 148 valence electrons. The van der Waals surface area contributed by atoms with E-state index in [9.17, 15) is 24.3 Å². The van der Waals surface area contributed by atoms with Gasteiger partial charge in [-0.3, -0.25) is 14.2 Å². The number of halogens is 1. The molecule has 28 heavy (non-hydrogen) atoms. The van der Waals surface area contributed by atoms with Crippen LogP contribution in [0.25, 0.3) is 0 Å². The number of pyridine rings is 1. The minimum absolute atomic E-state index is 0.0886. The summed E-state index contributed by atoms with van der Waals surface area (Å²) in [4.78, 5) is 25.4. The number of para-hydroxylation sites is 1. The van der Waals surface area contributed by atoms with E-state index < -0.39 is 29.1 Å². The van der Waals surface area contributed by atoms with Gasteiger partial charge in [-0.25, -0.2) is 4.39 Å². The van der Waals surface area contributed by atoms with E-state index in [0.717, 1.165) is 17.4 Å². The second kappa shape index (κ2) is 9.18. The number of ether oxygens (including phenoxy) is 1. The molecule has 1 aromatic carbocycles. The third-order valence-electron chi connectivity index (χ3n) is 4.54. The molecule has 1 atom stereocenters. The fourth-order valence-electron chi connectivity index (χ4n) is 2.96. The fraction of sp³-hybridized carbons (Fsp3) is 0.381. The SMILES string of the molecule is CCCCCn1c(O)c(C(=O)C(C)Oc2ccccc2F)c(C)c(C#N)c1=O. The standard InChI is InChI=1S/C21H23FN2O4/c1-4-5-8-11-24-20(26)15(12-23)13(2)18(21(24)27)19(25)14(3)28-17-10-7-6-9-16(17)22/h6-7,9-10,14,27H,4-5,8,11H2,1-3H3. The molecule has 0 aliphatic rings. The number of unbranched alkanes of at least 4 members (excludes halogenated alkanes) is 2. The lowest BCUT2D eigenvalue weighted by atomic mass is 9.99. The summed E-state index contributed by atoms with van der Waals surface area (Å²) < 4.78 is 20.3. The summed E-state index contributed by atoms with van der Waals surface area (Å²) in [5.74, 6) is -1.85. The van der Waals surface area contributed by atoms with E-state index in [1.165, 1.54) is 32.0 Å². The maximum atomic E-state index is 13.8. The number of hydrogen-bond acceptors (Lipinski definition) is 5. The lowest BCUT2D eigenvalue weighted by molar-refractivity contribution is 0.0806. The van der Waals surface area contributed by atoms with Crippen LogP contribution in [0.4, 0.5) is 4.39 Å². The number of nitrogens with zero attached hydrogens (tertiary/aromatic N) is 2. The highest BCUT2D eigenvalue weighted by Crippen LogP contribution is 2.26. The van der Waals surface area contributed by atoms with Gasteiger partial charge in [0.2, 0.25) is 11.7 Å². The molecular formula is C21H23FN2O4. The van der Waals surface area contributed by atoms with Gasteiger partial charge in [0.25, 0.3) is 5.56 Å². The molecule has 0 amide bonds. The van der Waals surface area contributed by atoms with Crippen molar-refractivity contribution in [2.24, 2.45) is 0 Å². The van der Waals surface area contributed by atoms with Crippen molar-refractivity contribution in [3.8, 4) is 17.7 Å². The number of carbonyl (C=O) groups excluding carboxylic acids is 1. The number of aromatic nitrogens is 1. The highest BCUT2D eigenvalue weighted by molar-refractivity contribution is 6.03. The number of nitriles is 1. The predicted octanol–water partition coefficient (Wildman–Crippen LogP) is 3.71. The Bertz CT molecular complexity index is 976. The second-order valence-corrected chi connectivity index (χ2v) is 6.53. The van der Waals surface area contributed by atoms with E-state index in [-0.39, 0.29) is 29.0 Å². The van der Waals surface area contributed by atoms with Gasteiger partial charge >= 0.3 is 0 Å². The Balaban J connectivity index is 2.46. The molecule has 6 nitrogen and oxygen atoms in total. The Labute approximate surface area is 162 Å². The van der Waals surface area contributed by atoms with Crippen LogP contribution in [0.2, 0.25) is 0 Å². The van der Waals surface area contributed by atoms with Crippen LogP contribution >= 0.6 is 0 Å². The van der Waals surface area contributed by atoms with Crippen molar-refractivity contribution >= 4 is 5.78 Å². The lowest BCUT2D eigenvalue weighted by Gasteiger charge is -2.19. The van der Waals surface area contributed by atoms with Gasteiger partial charge in [0.1, 0.15) is 11.6 Å². The first-order chi connectivity index (χ1) is 13.3. The molecule has 0 spiro atoms. The molecule has 0 bridgehead atoms. The summed E-state index contributed by atoms with van der Waals surface area (Å²) in [7, 11) is 0. The molecule has 0 saturated heterocycles. The zero-order valence-corrected chi connectivity index (χ0v) is 16.2. The Morgan fingerprint density at radius 2 is 2.04 bits per heavy atom. The monoisotopic (exact) mass is 386 g/mol. The number of benzene rings is 1. The molecule has 7 heteroatoms. The first kappa shape index (κ1) is 21.2. The maximum Gasteiger partial charge on any atom is 0.271 e. The van der Waals surface area contributed by atoms with Gasteiger partial charge in [0.15, 0.2) is 17.7 Å². The number of Topliss-reactive ketones (excluding diaryl/α,β-unsaturated/α-hetero) is 1. The molecule has 0 aliphatic heterocycles. The average molecular weight is 386 g/mol. The molecule has 1 aromatic heterocycles. The van der Waals surface area contributed by atoms with Crippen LogP contribution in [0.1, 0.15) is 54.6 Å². The van der Waals surface area contributed by atoms with E-state index in [1.807, 2.05) is 13.0 Å². The van der Waals surface area contributed by atoms with E-state index in [4.69, 9.17) is 4.74 Å². The van der Waals surface area contributed by atoms with Gasteiger partial charge in [-0.05, 0) is 38.0 Å². The average Bonchev–Trinajstić information content (AvgIpc) is 2.66. The minimum atomic E-state index is -1.13. The van der Waals surface area contributed by atoms with Crippen LogP contribution in [0.3, 0.4) is 0 Å². The molecular weight excluding hydrogens is 363 g/mol. The molecule has 1 N–H and O–H groups in total. The summed E-state index contributed by atoms with van der Waals surface area (Å²) in [5, 5.41) is 20.0. The largest absolute Gasteiger partial charge is 0.494 e. The molecule has 2 aromatic rings. The minimum Gasteiger partial charge on any atom is -0.494 e. The van der Waals surface area contributed by atoms with Gasteiger partial charge in [-0.15, -0.1) is 0 Å². The Morgan fingerprint density at radius 1 is 1.36 bits per heavy atom. The van der Waals surface area contributed by atoms with Crippen molar-refractivity contribution in [1.29, 1.82) is 5.26 Å². The summed E-state index contributed by atoms with van der Waals surface area (Å²) in [5.41, 5.74) is -0.897. The van der Waals surface area contributed by atoms with Gasteiger partial charge < -0.3 is 9.84 Å². The smallest absolute Gasteiger partial charge is 0.271 e. The highest BCUT2D eigenvalue weighted by atomic mass is 19.1. The van der Waals surface area contributed by atoms with Crippen LogP contribution < -0.4 is 10.3 Å². The molecule has 2 rings (SSSR count). The summed E-state index contributed by atoms with van der Waals surface area (Å²) in [6, 6.07) is 7.48. The van der Waals surface area contributed by atoms with E-state index in [2.05, 4.69) is 0 Å². The summed E-state index contributed by atoms with van der Waals surface area (Å²) in [6.45, 7) is 5.04. The van der Waals surface area contributed by atoms with Gasteiger partial charge in [0.05, 0.1) is 5.56 Å². The normalized spacial score (nSPS) is 11.7. The van der Waals surface area contributed by atoms with Gasteiger partial charge in [0, 0.05) is 6.54 Å². The van der Waals surface area contributed by atoms with Crippen molar-refractivity contribution < 1.29 is 19.0 Å². The lowest BCUT2D eigenvalue weighted by Crippen LogP contribution is -2.31. The molecule has 0 saturated carbocycles. The maximum absolute atomic E-state index is 13.8. The van der Waals surface area contributed by atoms with Crippen LogP contribution in [-0.2, 0) is 6.54 Å². The van der Waals surface area contributed by atoms with Crippen molar-refractivity contribution in [2.45, 2.75) is 52.7 Å². The summed E-state index contributed by atoms with van der Waals surface area (Å²) >= 11 is 0. The number of ketones is 1. The van der Waals surface area contributed by atoms with Crippen LogP contribution in [-0.4, -0.2) is 21.6 Å². The van der Waals surface area contributed by atoms with Gasteiger partial charge in [-0.1, -0.05) is 31.9 Å². The molecule has 0 aliphatic carbocycles.